The van der Waals surface area contributed by atoms with Crippen molar-refractivity contribution in [1.29, 1.82) is 0 Å². The minimum absolute atomic E-state index is 0.270. The Morgan fingerprint density at radius 3 is 2.73 bits per heavy atom. The van der Waals surface area contributed by atoms with E-state index in [1.807, 2.05) is 42.6 Å². The molecule has 0 saturated carbocycles. The third-order valence-corrected chi connectivity index (χ3v) is 4.53. The molecule has 0 aliphatic carbocycles. The molecule has 0 fully saturated rings. The van der Waals surface area contributed by atoms with Crippen LogP contribution < -0.4 is 5.73 Å². The van der Waals surface area contributed by atoms with E-state index in [-0.39, 0.29) is 5.69 Å². The van der Waals surface area contributed by atoms with E-state index in [2.05, 4.69) is 9.97 Å². The summed E-state index contributed by atoms with van der Waals surface area (Å²) in [5.41, 5.74) is 8.89. The highest BCUT2D eigenvalue weighted by Gasteiger charge is 2.15. The highest BCUT2D eigenvalue weighted by Crippen LogP contribution is 2.33. The number of rotatable bonds is 3. The monoisotopic (exact) mass is 329 g/mol. The molecule has 110 valence electrons. The molecule has 2 N–H and O–H groups in total. The maximum Gasteiger partial charge on any atom is 0.267 e. The van der Waals surface area contributed by atoms with Crippen LogP contribution in [0.1, 0.15) is 16.1 Å². The second-order valence-corrected chi connectivity index (χ2v) is 5.98. The molecular weight excluding hydrogens is 318 g/mol. The molecule has 3 aromatic rings. The first-order valence-electron chi connectivity index (χ1n) is 6.54. The van der Waals surface area contributed by atoms with Crippen LogP contribution in [-0.4, -0.2) is 15.9 Å². The zero-order valence-electron chi connectivity index (χ0n) is 11.7. The van der Waals surface area contributed by atoms with Crippen LogP contribution >= 0.6 is 22.9 Å². The molecule has 22 heavy (non-hydrogen) atoms. The van der Waals surface area contributed by atoms with Gasteiger partial charge < -0.3 is 5.73 Å². The van der Waals surface area contributed by atoms with Crippen molar-refractivity contribution >= 4 is 28.8 Å². The fourth-order valence-corrected chi connectivity index (χ4v) is 3.34. The first-order chi connectivity index (χ1) is 10.6. The second-order valence-electron chi connectivity index (χ2n) is 4.71. The summed E-state index contributed by atoms with van der Waals surface area (Å²) in [4.78, 5) is 20.1. The number of benzene rings is 1. The molecule has 0 aliphatic rings. The molecule has 1 amide bonds. The standard InChI is InChI=1S/C16H12ClN3OS/c1-9-10(6-7-19-14(9)15(18)21)16-20-13(8-22-16)11-4-2-3-5-12(11)17/h2-8H,1H3,(H2,18,21). The van der Waals surface area contributed by atoms with Gasteiger partial charge in [0.05, 0.1) is 5.69 Å². The topological polar surface area (TPSA) is 68.9 Å². The van der Waals surface area contributed by atoms with Crippen molar-refractivity contribution in [1.82, 2.24) is 9.97 Å². The Balaban J connectivity index is 2.07. The van der Waals surface area contributed by atoms with Crippen LogP contribution in [0.4, 0.5) is 0 Å². The van der Waals surface area contributed by atoms with Gasteiger partial charge in [0.1, 0.15) is 10.7 Å². The van der Waals surface area contributed by atoms with E-state index in [4.69, 9.17) is 17.3 Å². The van der Waals surface area contributed by atoms with Crippen LogP contribution in [0, 0.1) is 6.92 Å². The van der Waals surface area contributed by atoms with Gasteiger partial charge >= 0.3 is 0 Å². The minimum atomic E-state index is -0.540. The molecule has 0 unspecified atom stereocenters. The highest BCUT2D eigenvalue weighted by molar-refractivity contribution is 7.13. The van der Waals surface area contributed by atoms with Crippen LogP contribution in [0.25, 0.3) is 21.8 Å². The van der Waals surface area contributed by atoms with E-state index in [0.29, 0.717) is 5.02 Å². The van der Waals surface area contributed by atoms with Crippen LogP contribution in [0.2, 0.25) is 5.02 Å². The third-order valence-electron chi connectivity index (χ3n) is 3.32. The average molecular weight is 330 g/mol. The number of thiazole rings is 1. The summed E-state index contributed by atoms with van der Waals surface area (Å²) < 4.78 is 0. The maximum atomic E-state index is 11.4. The Morgan fingerprint density at radius 1 is 1.23 bits per heavy atom. The lowest BCUT2D eigenvalue weighted by Gasteiger charge is -2.05. The molecule has 6 heteroatoms. The number of nitrogens with two attached hydrogens (primary N) is 1. The molecule has 4 nitrogen and oxygen atoms in total. The number of aromatic nitrogens is 2. The fraction of sp³-hybridized carbons (Fsp3) is 0.0625. The van der Waals surface area contributed by atoms with Crippen LogP contribution in [0.3, 0.4) is 0 Å². The SMILES string of the molecule is Cc1c(-c2nc(-c3ccccc3Cl)cs2)ccnc1C(N)=O. The highest BCUT2D eigenvalue weighted by atomic mass is 35.5. The minimum Gasteiger partial charge on any atom is -0.364 e. The summed E-state index contributed by atoms with van der Waals surface area (Å²) >= 11 is 7.70. The number of halogens is 1. The van der Waals surface area contributed by atoms with Crippen molar-refractivity contribution in [3.05, 3.63) is 58.2 Å². The van der Waals surface area contributed by atoms with Crippen LogP contribution in [0.15, 0.2) is 41.9 Å². The number of hydrogen-bond donors (Lipinski definition) is 1. The smallest absolute Gasteiger partial charge is 0.267 e. The van der Waals surface area contributed by atoms with Gasteiger partial charge in [0, 0.05) is 27.7 Å². The first kappa shape index (κ1) is 14.7. The number of carbonyl (C=O) groups excluding carboxylic acids is 1. The molecule has 0 radical (unpaired) electrons. The third kappa shape index (κ3) is 2.61. The van der Waals surface area contributed by atoms with Crippen LogP contribution in [0.5, 0.6) is 0 Å². The lowest BCUT2D eigenvalue weighted by Crippen LogP contribution is -2.15. The lowest BCUT2D eigenvalue weighted by molar-refractivity contribution is 0.0995. The van der Waals surface area contributed by atoms with E-state index in [1.165, 1.54) is 11.3 Å². The van der Waals surface area contributed by atoms with E-state index >= 15 is 0 Å². The zero-order chi connectivity index (χ0) is 15.7. The summed E-state index contributed by atoms with van der Waals surface area (Å²) in [7, 11) is 0. The van der Waals surface area contributed by atoms with Gasteiger partial charge in [0.25, 0.3) is 5.91 Å². The summed E-state index contributed by atoms with van der Waals surface area (Å²) in [6.07, 6.45) is 1.57. The Hall–Kier alpha value is -2.24. The van der Waals surface area contributed by atoms with Gasteiger partial charge in [0.15, 0.2) is 0 Å². The predicted octanol–water partition coefficient (Wildman–Crippen LogP) is 3.93. The van der Waals surface area contributed by atoms with Gasteiger partial charge in [-0.25, -0.2) is 4.98 Å². The number of amides is 1. The Bertz CT molecular complexity index is 860. The van der Waals surface area contributed by atoms with Crippen molar-refractivity contribution in [2.24, 2.45) is 5.73 Å². The van der Waals surface area contributed by atoms with Gasteiger partial charge in [0.2, 0.25) is 0 Å². The van der Waals surface area contributed by atoms with Gasteiger partial charge in [-0.05, 0) is 24.6 Å². The molecule has 0 aliphatic heterocycles. The maximum absolute atomic E-state index is 11.4. The van der Waals surface area contributed by atoms with Gasteiger partial charge in [-0.15, -0.1) is 11.3 Å². The van der Waals surface area contributed by atoms with Crippen molar-refractivity contribution < 1.29 is 4.79 Å². The number of hydrogen-bond acceptors (Lipinski definition) is 4. The number of pyridine rings is 1. The predicted molar refractivity (Wildman–Crippen MR) is 89.0 cm³/mol. The van der Waals surface area contributed by atoms with Crippen molar-refractivity contribution in [2.75, 3.05) is 0 Å². The fourth-order valence-electron chi connectivity index (χ4n) is 2.21. The van der Waals surface area contributed by atoms with E-state index in [1.54, 1.807) is 6.20 Å². The van der Waals surface area contributed by atoms with Gasteiger partial charge in [-0.2, -0.15) is 0 Å². The molecule has 2 heterocycles. The number of nitrogens with zero attached hydrogens (tertiary/aromatic N) is 2. The number of primary amides is 1. The first-order valence-corrected chi connectivity index (χ1v) is 7.80. The molecule has 2 aromatic heterocycles. The number of carbonyl (C=O) groups is 1. The zero-order valence-corrected chi connectivity index (χ0v) is 13.3. The van der Waals surface area contributed by atoms with Crippen molar-refractivity contribution in [3.8, 4) is 21.8 Å². The molecule has 0 saturated heterocycles. The van der Waals surface area contributed by atoms with Crippen molar-refractivity contribution in [3.63, 3.8) is 0 Å². The largest absolute Gasteiger partial charge is 0.364 e. The molecule has 0 bridgehead atoms. The molecule has 0 spiro atoms. The Labute approximate surface area is 136 Å². The molecule has 3 rings (SSSR count). The second kappa shape index (κ2) is 5.87. The van der Waals surface area contributed by atoms with Crippen LogP contribution in [-0.2, 0) is 0 Å². The normalized spacial score (nSPS) is 10.6. The summed E-state index contributed by atoms with van der Waals surface area (Å²) in [5.74, 6) is -0.540. The lowest BCUT2D eigenvalue weighted by atomic mass is 10.1. The van der Waals surface area contributed by atoms with E-state index in [9.17, 15) is 4.79 Å². The molecular formula is C16H12ClN3OS. The van der Waals surface area contributed by atoms with Gasteiger partial charge in [-0.3, -0.25) is 9.78 Å². The van der Waals surface area contributed by atoms with Gasteiger partial charge in [-0.1, -0.05) is 29.8 Å². The Morgan fingerprint density at radius 2 is 2.00 bits per heavy atom. The van der Waals surface area contributed by atoms with E-state index in [0.717, 1.165) is 27.4 Å². The molecule has 0 atom stereocenters. The quantitative estimate of drug-likeness (QED) is 0.791. The Kier molecular flexibility index (Phi) is 3.92. The summed E-state index contributed by atoms with van der Waals surface area (Å²) in [6.45, 7) is 1.82. The average Bonchev–Trinajstić information content (AvgIpc) is 2.97. The van der Waals surface area contributed by atoms with E-state index < -0.39 is 5.91 Å². The van der Waals surface area contributed by atoms with Crippen molar-refractivity contribution in [2.45, 2.75) is 6.92 Å². The summed E-state index contributed by atoms with van der Waals surface area (Å²) in [6, 6.07) is 9.39. The summed E-state index contributed by atoms with van der Waals surface area (Å²) in [5, 5.41) is 3.40. The molecule has 1 aromatic carbocycles.